The average Bonchev–Trinajstić information content (AvgIpc) is 2.35. The molecule has 1 atom stereocenters. The van der Waals surface area contributed by atoms with Gasteiger partial charge in [0.25, 0.3) is 0 Å². The van der Waals surface area contributed by atoms with Gasteiger partial charge in [-0.1, -0.05) is 6.07 Å². The standard InChI is InChI=1S/C13H12BrNO2S/c1-18-12(13(16)17)5-8-2-3-11-9(4-8)6-10(14)7-15-11/h2-4,6-7,12H,5H2,1H3,(H,16,17). The Hall–Kier alpha value is -1.07. The van der Waals surface area contributed by atoms with Gasteiger partial charge in [-0.2, -0.15) is 0 Å². The number of fused-ring (bicyclic) bond motifs is 1. The molecule has 0 radical (unpaired) electrons. The summed E-state index contributed by atoms with van der Waals surface area (Å²) in [7, 11) is 0. The Bertz CT molecular complexity index is 588. The number of halogens is 1. The van der Waals surface area contributed by atoms with E-state index in [4.69, 9.17) is 5.11 Å². The summed E-state index contributed by atoms with van der Waals surface area (Å²) in [6.45, 7) is 0. The number of pyridine rings is 1. The van der Waals surface area contributed by atoms with Crippen LogP contribution in [0.1, 0.15) is 5.56 Å². The van der Waals surface area contributed by atoms with Crippen LogP contribution >= 0.6 is 27.7 Å². The monoisotopic (exact) mass is 325 g/mol. The maximum absolute atomic E-state index is 11.0. The smallest absolute Gasteiger partial charge is 0.316 e. The van der Waals surface area contributed by atoms with Gasteiger partial charge in [0, 0.05) is 16.1 Å². The molecule has 3 nitrogen and oxygen atoms in total. The van der Waals surface area contributed by atoms with Gasteiger partial charge in [0.15, 0.2) is 0 Å². The summed E-state index contributed by atoms with van der Waals surface area (Å²) in [5.41, 5.74) is 1.93. The van der Waals surface area contributed by atoms with Gasteiger partial charge in [0.2, 0.25) is 0 Å². The van der Waals surface area contributed by atoms with E-state index in [1.54, 1.807) is 6.20 Å². The SMILES string of the molecule is CSC(Cc1ccc2ncc(Br)cc2c1)C(=O)O. The highest BCUT2D eigenvalue weighted by atomic mass is 79.9. The zero-order chi connectivity index (χ0) is 13.1. The van der Waals surface area contributed by atoms with Crippen molar-refractivity contribution in [3.05, 3.63) is 40.5 Å². The van der Waals surface area contributed by atoms with Crippen molar-refractivity contribution in [1.82, 2.24) is 4.98 Å². The molecule has 0 aliphatic heterocycles. The summed E-state index contributed by atoms with van der Waals surface area (Å²) in [6, 6.07) is 7.85. The molecule has 0 bridgehead atoms. The van der Waals surface area contributed by atoms with E-state index < -0.39 is 11.2 Å². The number of hydrogen-bond acceptors (Lipinski definition) is 3. The van der Waals surface area contributed by atoms with Gasteiger partial charge in [-0.05, 0) is 52.4 Å². The van der Waals surface area contributed by atoms with Crippen LogP contribution in [0.2, 0.25) is 0 Å². The van der Waals surface area contributed by atoms with Crippen LogP contribution in [-0.4, -0.2) is 27.6 Å². The van der Waals surface area contributed by atoms with E-state index in [1.165, 1.54) is 11.8 Å². The molecule has 1 aromatic carbocycles. The van der Waals surface area contributed by atoms with Crippen LogP contribution in [-0.2, 0) is 11.2 Å². The zero-order valence-corrected chi connectivity index (χ0v) is 12.2. The molecule has 0 aliphatic rings. The van der Waals surface area contributed by atoms with E-state index in [2.05, 4.69) is 20.9 Å². The maximum Gasteiger partial charge on any atom is 0.316 e. The largest absolute Gasteiger partial charge is 0.480 e. The van der Waals surface area contributed by atoms with E-state index in [0.717, 1.165) is 20.9 Å². The third-order valence-corrected chi connectivity index (χ3v) is 4.06. The highest BCUT2D eigenvalue weighted by Crippen LogP contribution is 2.21. The first-order valence-corrected chi connectivity index (χ1v) is 7.48. The highest BCUT2D eigenvalue weighted by Gasteiger charge is 2.16. The zero-order valence-electron chi connectivity index (χ0n) is 9.76. The Morgan fingerprint density at radius 3 is 2.94 bits per heavy atom. The minimum Gasteiger partial charge on any atom is -0.480 e. The fourth-order valence-electron chi connectivity index (χ4n) is 1.77. The third kappa shape index (κ3) is 3.03. The number of hydrogen-bond donors (Lipinski definition) is 1. The van der Waals surface area contributed by atoms with Crippen LogP contribution in [0.4, 0.5) is 0 Å². The Kier molecular flexibility index (Phi) is 4.24. The van der Waals surface area contributed by atoms with Gasteiger partial charge >= 0.3 is 5.97 Å². The van der Waals surface area contributed by atoms with E-state index in [0.29, 0.717) is 6.42 Å². The van der Waals surface area contributed by atoms with Crippen molar-refractivity contribution in [2.45, 2.75) is 11.7 Å². The van der Waals surface area contributed by atoms with Crippen molar-refractivity contribution >= 4 is 44.6 Å². The summed E-state index contributed by atoms with van der Waals surface area (Å²) in [6.07, 6.45) is 4.10. The topological polar surface area (TPSA) is 50.2 Å². The van der Waals surface area contributed by atoms with E-state index in [9.17, 15) is 4.79 Å². The third-order valence-electron chi connectivity index (χ3n) is 2.69. The summed E-state index contributed by atoms with van der Waals surface area (Å²) in [5.74, 6) is -0.769. The highest BCUT2D eigenvalue weighted by molar-refractivity contribution is 9.10. The quantitative estimate of drug-likeness (QED) is 0.936. The number of benzene rings is 1. The second-order valence-corrected chi connectivity index (χ2v) is 5.90. The summed E-state index contributed by atoms with van der Waals surface area (Å²) in [4.78, 5) is 15.3. The van der Waals surface area contributed by atoms with Gasteiger partial charge in [-0.3, -0.25) is 9.78 Å². The molecule has 0 amide bonds. The molecule has 1 unspecified atom stereocenters. The molecule has 2 rings (SSSR count). The molecular weight excluding hydrogens is 314 g/mol. The first-order valence-electron chi connectivity index (χ1n) is 5.40. The first kappa shape index (κ1) is 13.4. The maximum atomic E-state index is 11.0. The lowest BCUT2D eigenvalue weighted by Crippen LogP contribution is -2.18. The van der Waals surface area contributed by atoms with Gasteiger partial charge in [0.1, 0.15) is 5.25 Å². The molecule has 0 fully saturated rings. The minimum atomic E-state index is -0.769. The van der Waals surface area contributed by atoms with Gasteiger partial charge in [-0.25, -0.2) is 0 Å². The molecule has 1 N–H and O–H groups in total. The number of rotatable bonds is 4. The molecule has 0 saturated heterocycles. The van der Waals surface area contributed by atoms with Crippen LogP contribution in [0, 0.1) is 0 Å². The Balaban J connectivity index is 2.31. The predicted octanol–water partition coefficient (Wildman–Crippen LogP) is 3.36. The normalized spacial score (nSPS) is 12.6. The van der Waals surface area contributed by atoms with Crippen molar-refractivity contribution in [2.24, 2.45) is 0 Å². The summed E-state index contributed by atoms with van der Waals surface area (Å²) in [5, 5.41) is 9.67. The second-order valence-electron chi connectivity index (χ2n) is 3.95. The molecule has 1 aromatic heterocycles. The number of thioether (sulfide) groups is 1. The molecule has 0 spiro atoms. The van der Waals surface area contributed by atoms with Gasteiger partial charge < -0.3 is 5.11 Å². The molecule has 5 heteroatoms. The van der Waals surface area contributed by atoms with E-state index >= 15 is 0 Å². The summed E-state index contributed by atoms with van der Waals surface area (Å²) >= 11 is 4.74. The van der Waals surface area contributed by atoms with Gasteiger partial charge in [-0.15, -0.1) is 11.8 Å². The number of carboxylic acids is 1. The number of aromatic nitrogens is 1. The minimum absolute atomic E-state index is 0.400. The lowest BCUT2D eigenvalue weighted by atomic mass is 10.1. The van der Waals surface area contributed by atoms with Crippen LogP contribution in [0.3, 0.4) is 0 Å². The summed E-state index contributed by atoms with van der Waals surface area (Å²) < 4.78 is 0.923. The van der Waals surface area contributed by atoms with Crippen LogP contribution < -0.4 is 0 Å². The predicted molar refractivity (Wildman–Crippen MR) is 78.1 cm³/mol. The van der Waals surface area contributed by atoms with Crippen LogP contribution in [0.25, 0.3) is 10.9 Å². The fraction of sp³-hybridized carbons (Fsp3) is 0.231. The van der Waals surface area contributed by atoms with Crippen molar-refractivity contribution in [3.63, 3.8) is 0 Å². The fourth-order valence-corrected chi connectivity index (χ4v) is 2.68. The molecule has 0 aliphatic carbocycles. The lowest BCUT2D eigenvalue weighted by Gasteiger charge is -2.09. The van der Waals surface area contributed by atoms with Crippen LogP contribution in [0.15, 0.2) is 34.9 Å². The number of nitrogens with zero attached hydrogens (tertiary/aromatic N) is 1. The average molecular weight is 326 g/mol. The molecule has 1 heterocycles. The van der Waals surface area contributed by atoms with Gasteiger partial charge in [0.05, 0.1) is 5.52 Å². The van der Waals surface area contributed by atoms with Crippen molar-refractivity contribution in [1.29, 1.82) is 0 Å². The lowest BCUT2D eigenvalue weighted by molar-refractivity contribution is -0.136. The van der Waals surface area contributed by atoms with Crippen LogP contribution in [0.5, 0.6) is 0 Å². The number of aliphatic carboxylic acids is 1. The second kappa shape index (κ2) is 5.71. The number of carboxylic acid groups (broad SMARTS) is 1. The first-order chi connectivity index (χ1) is 8.60. The molecule has 0 saturated carbocycles. The molecule has 94 valence electrons. The van der Waals surface area contributed by atoms with Crippen molar-refractivity contribution in [2.75, 3.05) is 6.26 Å². The van der Waals surface area contributed by atoms with E-state index in [-0.39, 0.29) is 0 Å². The Labute approximate surface area is 118 Å². The van der Waals surface area contributed by atoms with E-state index in [1.807, 2.05) is 30.5 Å². The van der Waals surface area contributed by atoms with Crippen molar-refractivity contribution < 1.29 is 9.90 Å². The van der Waals surface area contributed by atoms with Crippen molar-refractivity contribution in [3.8, 4) is 0 Å². The molecular formula is C13H12BrNO2S. The Morgan fingerprint density at radius 2 is 2.28 bits per heavy atom. The Morgan fingerprint density at radius 1 is 1.50 bits per heavy atom. The molecule has 2 aromatic rings. The molecule has 18 heavy (non-hydrogen) atoms. The number of carbonyl (C=O) groups is 1.